The molecule has 660 valence electrons. The summed E-state index contributed by atoms with van der Waals surface area (Å²) in [6.45, 7) is 7.17. The lowest BCUT2D eigenvalue weighted by Crippen LogP contribution is -2.35. The summed E-state index contributed by atoms with van der Waals surface area (Å²) < 4.78 is 1.62. The number of likely N-dealkylation sites (tertiary alicyclic amines) is 4. The van der Waals surface area contributed by atoms with Crippen molar-refractivity contribution in [2.24, 2.45) is 0 Å². The quantitative estimate of drug-likeness (QED) is 0.0249. The summed E-state index contributed by atoms with van der Waals surface area (Å²) in [5, 5.41) is 56.6. The predicted octanol–water partition coefficient (Wildman–Crippen LogP) is 19.6. The minimum Gasteiger partial charge on any atom is -0.357 e. The number of nitrogens with one attached hydrogen (secondary N) is 12. The molecular formula is C98H92Br2Cl2N20O8. The van der Waals surface area contributed by atoms with E-state index in [9.17, 15) is 38.4 Å². The molecule has 0 spiro atoms. The molecule has 0 saturated carbocycles. The second-order valence-corrected chi connectivity index (χ2v) is 33.2. The Bertz CT molecular complexity index is 5710. The Hall–Kier alpha value is -14.5. The number of anilines is 8. The summed E-state index contributed by atoms with van der Waals surface area (Å²) in [7, 11) is 0. The highest BCUT2D eigenvalue weighted by Crippen LogP contribution is 2.28. The standard InChI is InChI=1S/C25H24BrN5O2.C25H24ClN5O2.C24H22BrN5O2.C24H22ClN5O2/c2*26-19-12-13-22(28-16-19)30-25(33)20-6-2-3-7-21(20)29-24(32)18-10-8-17(9-11-18)23(27)31-14-4-1-5-15-31;2*25-18-11-12-21(27-15-18)29-24(32)19-5-1-2-6-20(19)28-23(31)17-9-7-16(8-10-17)22(26)30-13-3-4-14-30/h2*2-3,6-13,16,27H,1,4-5,14-15H2,(H,29,32)(H,28,30,33);2*1-2,5-12,15,26H,3-4,13-14H2,(H,28,31)(H,27,29,32). The fourth-order valence-corrected chi connectivity index (χ4v) is 15.1. The molecule has 12 N–H and O–H groups in total. The molecule has 12 aromatic rings. The summed E-state index contributed by atoms with van der Waals surface area (Å²) in [5.41, 5.74) is 7.79. The normalized spacial score (nSPS) is 13.1. The van der Waals surface area contributed by atoms with Crippen molar-refractivity contribution in [2.45, 2.75) is 64.2 Å². The Morgan fingerprint density at radius 1 is 0.238 bits per heavy atom. The summed E-state index contributed by atoms with van der Waals surface area (Å²) >= 11 is 18.3. The zero-order valence-corrected chi connectivity index (χ0v) is 75.2. The first-order valence-corrected chi connectivity index (χ1v) is 44.5. The highest BCUT2D eigenvalue weighted by atomic mass is 79.9. The van der Waals surface area contributed by atoms with Crippen molar-refractivity contribution in [3.05, 3.63) is 353 Å². The van der Waals surface area contributed by atoms with Gasteiger partial charge in [0, 0.05) is 131 Å². The van der Waals surface area contributed by atoms with Gasteiger partial charge >= 0.3 is 0 Å². The molecular weight excluding hydrogens is 1820 g/mol. The number of amidine groups is 4. The first-order chi connectivity index (χ1) is 63.0. The van der Waals surface area contributed by atoms with Crippen LogP contribution in [0.2, 0.25) is 10.0 Å². The second kappa shape index (κ2) is 45.8. The van der Waals surface area contributed by atoms with E-state index >= 15 is 0 Å². The van der Waals surface area contributed by atoms with Crippen molar-refractivity contribution in [1.82, 2.24) is 39.5 Å². The SMILES string of the molecule is N=C(c1ccc(C(=O)Nc2ccccc2C(=O)Nc2ccc(Br)cn2)cc1)N1CCCC1.N=C(c1ccc(C(=O)Nc2ccccc2C(=O)Nc2ccc(Br)cn2)cc1)N1CCCCC1.N=C(c1ccc(C(=O)Nc2ccccc2C(=O)Nc2ccc(Cl)cn2)cc1)N1CCCC1.N=C(c1ccc(C(=O)Nc2ccccc2C(=O)Nc2ccc(Cl)cn2)cc1)N1CCCCC1. The Morgan fingerprint density at radius 2 is 0.438 bits per heavy atom. The average Bonchev–Trinajstić information content (AvgIpc) is 1.53. The fourth-order valence-electron chi connectivity index (χ4n) is 14.4. The van der Waals surface area contributed by atoms with Gasteiger partial charge in [-0.3, -0.25) is 60.0 Å². The first kappa shape index (κ1) is 93.2. The Kier molecular flexibility index (Phi) is 32.8. The van der Waals surface area contributed by atoms with Gasteiger partial charge < -0.3 is 62.1 Å². The van der Waals surface area contributed by atoms with E-state index in [0.717, 1.165) is 135 Å². The van der Waals surface area contributed by atoms with Gasteiger partial charge in [0.2, 0.25) is 0 Å². The van der Waals surface area contributed by atoms with Crippen molar-refractivity contribution < 1.29 is 38.4 Å². The molecule has 8 heterocycles. The van der Waals surface area contributed by atoms with E-state index in [-0.39, 0.29) is 35.4 Å². The van der Waals surface area contributed by atoms with Gasteiger partial charge in [-0.15, -0.1) is 0 Å². The van der Waals surface area contributed by atoms with Crippen LogP contribution in [0.4, 0.5) is 46.0 Å². The molecule has 4 saturated heterocycles. The van der Waals surface area contributed by atoms with Crippen molar-refractivity contribution in [1.29, 1.82) is 21.6 Å². The molecule has 4 fully saturated rings. The molecule has 0 radical (unpaired) electrons. The van der Waals surface area contributed by atoms with E-state index in [0.29, 0.717) is 124 Å². The van der Waals surface area contributed by atoms with E-state index in [2.05, 4.69) is 104 Å². The summed E-state index contributed by atoms with van der Waals surface area (Å²) in [4.78, 5) is 127. The molecule has 28 nitrogen and oxygen atoms in total. The lowest BCUT2D eigenvalue weighted by atomic mass is 10.1. The van der Waals surface area contributed by atoms with Crippen LogP contribution < -0.4 is 42.5 Å². The minimum atomic E-state index is -0.398. The number of pyridine rings is 4. The number of carbonyl (C=O) groups excluding carboxylic acids is 8. The summed E-state index contributed by atoms with van der Waals surface area (Å²) in [5.74, 6) is 0.618. The van der Waals surface area contributed by atoms with Crippen LogP contribution in [0.3, 0.4) is 0 Å². The number of amides is 8. The number of piperidine rings is 2. The highest BCUT2D eigenvalue weighted by Gasteiger charge is 2.25. The molecule has 0 unspecified atom stereocenters. The van der Waals surface area contributed by atoms with Gasteiger partial charge in [-0.25, -0.2) is 19.9 Å². The van der Waals surface area contributed by atoms with E-state index in [1.807, 2.05) is 9.80 Å². The maximum Gasteiger partial charge on any atom is 0.258 e. The van der Waals surface area contributed by atoms with Crippen molar-refractivity contribution in [2.75, 3.05) is 94.9 Å². The molecule has 32 heteroatoms. The number of hydrogen-bond donors (Lipinski definition) is 12. The largest absolute Gasteiger partial charge is 0.357 e. The van der Waals surface area contributed by atoms with Crippen molar-refractivity contribution >= 4 is 172 Å². The number of para-hydroxylation sites is 4. The van der Waals surface area contributed by atoms with Crippen LogP contribution in [-0.4, -0.2) is 162 Å². The molecule has 16 rings (SSSR count). The highest BCUT2D eigenvalue weighted by molar-refractivity contribution is 9.10. The van der Waals surface area contributed by atoms with Crippen LogP contribution in [-0.2, 0) is 0 Å². The molecule has 8 aromatic carbocycles. The molecule has 4 aliphatic heterocycles. The molecule has 4 aliphatic rings. The molecule has 0 atom stereocenters. The number of halogens is 4. The van der Waals surface area contributed by atoms with E-state index in [4.69, 9.17) is 44.8 Å². The third kappa shape index (κ3) is 25.9. The maximum atomic E-state index is 12.8. The summed E-state index contributed by atoms with van der Waals surface area (Å²) in [6.07, 6.45) is 17.3. The predicted molar refractivity (Wildman–Crippen MR) is 517 cm³/mol. The van der Waals surface area contributed by atoms with Gasteiger partial charge in [-0.2, -0.15) is 0 Å². The van der Waals surface area contributed by atoms with Gasteiger partial charge in [0.1, 0.15) is 46.6 Å². The van der Waals surface area contributed by atoms with Crippen LogP contribution in [0, 0.1) is 21.6 Å². The number of aromatic nitrogens is 4. The monoisotopic (exact) mass is 1900 g/mol. The molecule has 0 bridgehead atoms. The maximum absolute atomic E-state index is 12.8. The van der Waals surface area contributed by atoms with Crippen LogP contribution in [0.5, 0.6) is 0 Å². The molecule has 130 heavy (non-hydrogen) atoms. The van der Waals surface area contributed by atoms with Crippen molar-refractivity contribution in [3.63, 3.8) is 0 Å². The third-order valence-corrected chi connectivity index (χ3v) is 22.8. The molecule has 0 aliphatic carbocycles. The van der Waals surface area contributed by atoms with E-state index in [1.54, 1.807) is 255 Å². The zero-order valence-electron chi connectivity index (χ0n) is 70.5. The molecule has 8 amide bonds. The fraction of sp³-hybridized carbons (Fsp3) is 0.184. The van der Waals surface area contributed by atoms with Gasteiger partial charge in [0.25, 0.3) is 47.3 Å². The Balaban J connectivity index is 0.000000148. The number of benzene rings is 8. The average molecular weight is 1910 g/mol. The van der Waals surface area contributed by atoms with E-state index in [1.165, 1.54) is 25.2 Å². The number of carbonyl (C=O) groups is 8. The van der Waals surface area contributed by atoms with Gasteiger partial charge in [-0.05, 0) is 242 Å². The number of hydrogen-bond acceptors (Lipinski definition) is 16. The summed E-state index contributed by atoms with van der Waals surface area (Å²) in [6, 6.07) is 68.4. The third-order valence-electron chi connectivity index (χ3n) is 21.4. The van der Waals surface area contributed by atoms with E-state index < -0.39 is 11.8 Å². The van der Waals surface area contributed by atoms with Crippen LogP contribution in [0.15, 0.2) is 276 Å². The minimum absolute atomic E-state index is 0.310. The van der Waals surface area contributed by atoms with Gasteiger partial charge in [0.15, 0.2) is 0 Å². The number of rotatable bonds is 20. The Morgan fingerprint density at radius 3 is 0.646 bits per heavy atom. The zero-order chi connectivity index (χ0) is 91.4. The smallest absolute Gasteiger partial charge is 0.258 e. The van der Waals surface area contributed by atoms with Crippen LogP contribution in [0.1, 0.15) is 169 Å². The lowest BCUT2D eigenvalue weighted by molar-refractivity contribution is 0.101. The molecule has 4 aromatic heterocycles. The van der Waals surface area contributed by atoms with Crippen LogP contribution in [0.25, 0.3) is 0 Å². The number of nitrogens with zero attached hydrogens (tertiary/aromatic N) is 8. The second-order valence-electron chi connectivity index (χ2n) is 30.4. The first-order valence-electron chi connectivity index (χ1n) is 42.1. The Labute approximate surface area is 778 Å². The van der Waals surface area contributed by atoms with Gasteiger partial charge in [0.05, 0.1) is 55.0 Å². The van der Waals surface area contributed by atoms with Gasteiger partial charge in [-0.1, -0.05) is 120 Å². The lowest BCUT2D eigenvalue weighted by Gasteiger charge is -2.29. The van der Waals surface area contributed by atoms with Crippen LogP contribution >= 0.6 is 55.1 Å². The van der Waals surface area contributed by atoms with Crippen molar-refractivity contribution in [3.8, 4) is 0 Å². The topological polar surface area (TPSA) is 393 Å².